The van der Waals surface area contributed by atoms with E-state index in [4.69, 9.17) is 0 Å². The summed E-state index contributed by atoms with van der Waals surface area (Å²) < 4.78 is 0. The predicted octanol–water partition coefficient (Wildman–Crippen LogP) is 16.4. The topological polar surface area (TPSA) is 3.24 Å². The SMILES string of the molecule is c1ccc2cc(-c3ccc(-c4ccc5ccccc5c4)c(N(c4ccc(-c5cccc6ccccc56)cc4)c4ccc(-c5cccc6ccccc56)cc4)c3)ccc2c1. The number of anilines is 3. The minimum absolute atomic E-state index is 1.09. The van der Waals surface area contributed by atoms with E-state index in [0.717, 1.165) is 22.6 Å². The second-order valence-corrected chi connectivity index (χ2v) is 15.3. The van der Waals surface area contributed by atoms with Gasteiger partial charge >= 0.3 is 0 Å². The van der Waals surface area contributed by atoms with E-state index in [-0.39, 0.29) is 0 Å². The third-order valence-electron chi connectivity index (χ3n) is 11.8. The van der Waals surface area contributed by atoms with E-state index >= 15 is 0 Å². The lowest BCUT2D eigenvalue weighted by Crippen LogP contribution is -2.11. The highest BCUT2D eigenvalue weighted by atomic mass is 15.1. The lowest BCUT2D eigenvalue weighted by molar-refractivity contribution is 1.28. The van der Waals surface area contributed by atoms with Crippen LogP contribution >= 0.6 is 0 Å². The Labute approximate surface area is 344 Å². The number of hydrogen-bond donors (Lipinski definition) is 0. The molecule has 0 amide bonds. The molecule has 0 fully saturated rings. The molecule has 0 aliphatic carbocycles. The Balaban J connectivity index is 1.12. The summed E-state index contributed by atoms with van der Waals surface area (Å²) in [5.74, 6) is 0. The maximum atomic E-state index is 2.44. The lowest BCUT2D eigenvalue weighted by Gasteiger charge is -2.29. The zero-order valence-electron chi connectivity index (χ0n) is 32.5. The normalized spacial score (nSPS) is 11.4. The molecule has 0 heterocycles. The molecule has 276 valence electrons. The summed E-state index contributed by atoms with van der Waals surface area (Å²) in [5, 5.41) is 9.92. The summed E-state index contributed by atoms with van der Waals surface area (Å²) in [4.78, 5) is 2.44. The summed E-state index contributed by atoms with van der Waals surface area (Å²) >= 11 is 0. The fourth-order valence-electron chi connectivity index (χ4n) is 8.83. The average molecular weight is 750 g/mol. The van der Waals surface area contributed by atoms with Crippen LogP contribution in [0.4, 0.5) is 17.1 Å². The summed E-state index contributed by atoms with van der Waals surface area (Å²) in [6.45, 7) is 0. The van der Waals surface area contributed by atoms with E-state index in [0.29, 0.717) is 0 Å². The zero-order chi connectivity index (χ0) is 39.1. The van der Waals surface area contributed by atoms with Gasteiger partial charge < -0.3 is 4.90 Å². The van der Waals surface area contributed by atoms with Crippen LogP contribution in [0.5, 0.6) is 0 Å². The molecule has 11 aromatic carbocycles. The van der Waals surface area contributed by atoms with Crippen LogP contribution in [-0.4, -0.2) is 0 Å². The maximum absolute atomic E-state index is 2.44. The first-order chi connectivity index (χ1) is 29.2. The molecule has 0 radical (unpaired) electrons. The van der Waals surface area contributed by atoms with Gasteiger partial charge in [-0.05, 0) is 124 Å². The first-order valence-corrected chi connectivity index (χ1v) is 20.3. The Bertz CT molecular complexity index is 3190. The van der Waals surface area contributed by atoms with Gasteiger partial charge in [0, 0.05) is 16.9 Å². The number of fused-ring (bicyclic) bond motifs is 4. The van der Waals surface area contributed by atoms with Crippen LogP contribution in [-0.2, 0) is 0 Å². The van der Waals surface area contributed by atoms with Crippen molar-refractivity contribution in [3.05, 3.63) is 237 Å². The second-order valence-electron chi connectivity index (χ2n) is 15.3. The van der Waals surface area contributed by atoms with Gasteiger partial charge in [-0.25, -0.2) is 0 Å². The molecule has 0 aromatic heterocycles. The van der Waals surface area contributed by atoms with Gasteiger partial charge in [0.1, 0.15) is 0 Å². The molecule has 1 heteroatoms. The monoisotopic (exact) mass is 749 g/mol. The molecule has 1 nitrogen and oxygen atoms in total. The minimum Gasteiger partial charge on any atom is -0.310 e. The molecule has 59 heavy (non-hydrogen) atoms. The molecule has 0 saturated carbocycles. The Morgan fingerprint density at radius 1 is 0.220 bits per heavy atom. The summed E-state index contributed by atoms with van der Waals surface area (Å²) in [6, 6.07) is 86.5. The first-order valence-electron chi connectivity index (χ1n) is 20.3. The van der Waals surface area contributed by atoms with Gasteiger partial charge in [0.15, 0.2) is 0 Å². The van der Waals surface area contributed by atoms with Gasteiger partial charge in [-0.3, -0.25) is 0 Å². The predicted molar refractivity (Wildman–Crippen MR) is 253 cm³/mol. The van der Waals surface area contributed by atoms with Crippen molar-refractivity contribution < 1.29 is 0 Å². The summed E-state index contributed by atoms with van der Waals surface area (Å²) in [7, 11) is 0. The van der Waals surface area contributed by atoms with Crippen molar-refractivity contribution in [3.8, 4) is 44.5 Å². The van der Waals surface area contributed by atoms with Gasteiger partial charge in [0.25, 0.3) is 0 Å². The largest absolute Gasteiger partial charge is 0.310 e. The van der Waals surface area contributed by atoms with E-state index < -0.39 is 0 Å². The third kappa shape index (κ3) is 6.40. The Morgan fingerprint density at radius 2 is 0.610 bits per heavy atom. The van der Waals surface area contributed by atoms with Crippen LogP contribution in [0.25, 0.3) is 87.6 Å². The van der Waals surface area contributed by atoms with E-state index in [1.165, 1.54) is 82.0 Å². The van der Waals surface area contributed by atoms with Crippen LogP contribution in [0, 0.1) is 0 Å². The Morgan fingerprint density at radius 3 is 1.15 bits per heavy atom. The highest BCUT2D eigenvalue weighted by Crippen LogP contribution is 2.45. The summed E-state index contributed by atoms with van der Waals surface area (Å²) in [6.07, 6.45) is 0. The quantitative estimate of drug-likeness (QED) is 0.157. The van der Waals surface area contributed by atoms with E-state index in [1.54, 1.807) is 0 Å². The average Bonchev–Trinajstić information content (AvgIpc) is 3.31. The molecule has 11 aromatic rings. The van der Waals surface area contributed by atoms with Crippen molar-refractivity contribution in [1.29, 1.82) is 0 Å². The van der Waals surface area contributed by atoms with Crippen LogP contribution in [0.1, 0.15) is 0 Å². The fraction of sp³-hybridized carbons (Fsp3) is 0. The molecular weight excluding hydrogens is 711 g/mol. The van der Waals surface area contributed by atoms with Crippen molar-refractivity contribution in [3.63, 3.8) is 0 Å². The van der Waals surface area contributed by atoms with E-state index in [9.17, 15) is 0 Å². The molecule has 0 spiro atoms. The Hall–Kier alpha value is -7.74. The highest BCUT2D eigenvalue weighted by Gasteiger charge is 2.20. The molecule has 0 unspecified atom stereocenters. The molecule has 0 atom stereocenters. The second kappa shape index (κ2) is 14.6. The first kappa shape index (κ1) is 34.5. The van der Waals surface area contributed by atoms with Crippen molar-refractivity contribution in [2.75, 3.05) is 4.90 Å². The van der Waals surface area contributed by atoms with Crippen molar-refractivity contribution in [2.24, 2.45) is 0 Å². The van der Waals surface area contributed by atoms with Gasteiger partial charge in [0.05, 0.1) is 5.69 Å². The standard InChI is InChI=1S/C58H39N/c1-3-15-46-37-48(25-23-40(46)11-1)49-31-36-57(50-26-24-41-12-2-4-16-47(41)38-50)58(39-49)59(51-32-27-44(28-33-51)55-21-9-17-42-13-5-7-19-53(42)55)52-34-29-45(30-35-52)56-22-10-18-43-14-6-8-20-54(43)56/h1-39H. The van der Waals surface area contributed by atoms with Gasteiger partial charge in [0.2, 0.25) is 0 Å². The lowest BCUT2D eigenvalue weighted by atomic mass is 9.94. The molecule has 0 saturated heterocycles. The molecule has 0 N–H and O–H groups in total. The van der Waals surface area contributed by atoms with Gasteiger partial charge in [-0.15, -0.1) is 0 Å². The molecule has 0 aliphatic heterocycles. The third-order valence-corrected chi connectivity index (χ3v) is 11.8. The number of rotatable bonds is 7. The van der Waals surface area contributed by atoms with Crippen LogP contribution in [0.3, 0.4) is 0 Å². The zero-order valence-corrected chi connectivity index (χ0v) is 32.5. The number of benzene rings is 11. The van der Waals surface area contributed by atoms with Crippen molar-refractivity contribution >= 4 is 60.2 Å². The van der Waals surface area contributed by atoms with E-state index in [1.807, 2.05) is 0 Å². The van der Waals surface area contributed by atoms with Crippen LogP contribution in [0.15, 0.2) is 237 Å². The number of hydrogen-bond acceptors (Lipinski definition) is 1. The summed E-state index contributed by atoms with van der Waals surface area (Å²) in [5.41, 5.74) is 12.8. The Kier molecular flexibility index (Phi) is 8.56. The fourth-order valence-corrected chi connectivity index (χ4v) is 8.83. The smallest absolute Gasteiger partial charge is 0.0546 e. The molecule has 0 bridgehead atoms. The van der Waals surface area contributed by atoms with Crippen molar-refractivity contribution in [1.82, 2.24) is 0 Å². The molecule has 11 rings (SSSR count). The van der Waals surface area contributed by atoms with Crippen LogP contribution in [0.2, 0.25) is 0 Å². The van der Waals surface area contributed by atoms with Crippen molar-refractivity contribution in [2.45, 2.75) is 0 Å². The van der Waals surface area contributed by atoms with Gasteiger partial charge in [-0.1, -0.05) is 194 Å². The maximum Gasteiger partial charge on any atom is 0.0546 e. The van der Waals surface area contributed by atoms with Crippen LogP contribution < -0.4 is 4.90 Å². The molecule has 0 aliphatic rings. The minimum atomic E-state index is 1.09. The number of nitrogens with zero attached hydrogens (tertiary/aromatic N) is 1. The van der Waals surface area contributed by atoms with E-state index in [2.05, 4.69) is 241 Å². The van der Waals surface area contributed by atoms with Gasteiger partial charge in [-0.2, -0.15) is 0 Å². The molecular formula is C58H39N. The highest BCUT2D eigenvalue weighted by molar-refractivity contribution is 6.00.